The molecule has 0 saturated carbocycles. The predicted octanol–water partition coefficient (Wildman–Crippen LogP) is 3.83. The first kappa shape index (κ1) is 13.9. The molecule has 1 unspecified atom stereocenters. The maximum Gasteiger partial charge on any atom is 0.304 e. The van der Waals surface area contributed by atoms with E-state index in [9.17, 15) is 4.79 Å². The topological polar surface area (TPSA) is 37.3 Å². The van der Waals surface area contributed by atoms with Gasteiger partial charge in [0.1, 0.15) is 0 Å². The zero-order valence-corrected chi connectivity index (χ0v) is 10.7. The molecule has 0 fully saturated rings. The minimum absolute atomic E-state index is 0.152. The Labute approximate surface area is 95.2 Å². The van der Waals surface area contributed by atoms with E-state index in [-0.39, 0.29) is 11.2 Å². The van der Waals surface area contributed by atoms with E-state index in [1.54, 1.807) is 0 Å². The molecular weight excluding hydrogens is 244 g/mol. The quantitative estimate of drug-likeness (QED) is 0.535. The van der Waals surface area contributed by atoms with Gasteiger partial charge in [0.05, 0.1) is 6.42 Å². The SMILES string of the molecule is CC(C)CCCCCC(Br)CC(=O)O. The van der Waals surface area contributed by atoms with Gasteiger partial charge in [0.2, 0.25) is 0 Å². The fourth-order valence-electron chi connectivity index (χ4n) is 1.39. The molecule has 0 rings (SSSR count). The normalized spacial score (nSPS) is 13.1. The van der Waals surface area contributed by atoms with Crippen molar-refractivity contribution in [3.05, 3.63) is 0 Å². The maximum atomic E-state index is 10.4. The van der Waals surface area contributed by atoms with Gasteiger partial charge in [0, 0.05) is 4.83 Å². The molecule has 0 saturated heterocycles. The van der Waals surface area contributed by atoms with Gasteiger partial charge in [-0.15, -0.1) is 0 Å². The number of halogens is 1. The summed E-state index contributed by atoms with van der Waals surface area (Å²) in [5, 5.41) is 8.53. The first-order valence-corrected chi connectivity index (χ1v) is 6.29. The van der Waals surface area contributed by atoms with Gasteiger partial charge >= 0.3 is 5.97 Å². The summed E-state index contributed by atoms with van der Waals surface area (Å²) in [6.07, 6.45) is 6.13. The van der Waals surface area contributed by atoms with Crippen molar-refractivity contribution < 1.29 is 9.90 Å². The van der Waals surface area contributed by atoms with Crippen LogP contribution in [0.25, 0.3) is 0 Å². The summed E-state index contributed by atoms with van der Waals surface area (Å²) in [6, 6.07) is 0. The van der Waals surface area contributed by atoms with Crippen LogP contribution in [-0.4, -0.2) is 15.9 Å². The van der Waals surface area contributed by atoms with Crippen molar-refractivity contribution in [3.8, 4) is 0 Å². The molecule has 2 nitrogen and oxygen atoms in total. The van der Waals surface area contributed by atoms with Crippen LogP contribution in [0.1, 0.15) is 52.4 Å². The third kappa shape index (κ3) is 10.0. The first-order chi connectivity index (χ1) is 6.52. The third-order valence-electron chi connectivity index (χ3n) is 2.19. The van der Waals surface area contributed by atoms with Crippen molar-refractivity contribution in [2.75, 3.05) is 0 Å². The molecule has 14 heavy (non-hydrogen) atoms. The highest BCUT2D eigenvalue weighted by atomic mass is 79.9. The van der Waals surface area contributed by atoms with E-state index in [0.29, 0.717) is 0 Å². The second-order valence-corrected chi connectivity index (χ2v) is 5.52. The molecule has 84 valence electrons. The molecule has 3 heteroatoms. The monoisotopic (exact) mass is 264 g/mol. The average molecular weight is 265 g/mol. The number of alkyl halides is 1. The summed E-state index contributed by atoms with van der Waals surface area (Å²) in [4.78, 5) is 10.5. The van der Waals surface area contributed by atoms with Crippen LogP contribution in [0.3, 0.4) is 0 Å². The lowest BCUT2D eigenvalue weighted by molar-refractivity contribution is -0.136. The smallest absolute Gasteiger partial charge is 0.304 e. The first-order valence-electron chi connectivity index (χ1n) is 5.38. The number of hydrogen-bond donors (Lipinski definition) is 1. The van der Waals surface area contributed by atoms with Crippen LogP contribution in [0.4, 0.5) is 0 Å². The van der Waals surface area contributed by atoms with Gasteiger partial charge in [-0.1, -0.05) is 55.5 Å². The number of hydrogen-bond acceptors (Lipinski definition) is 1. The van der Waals surface area contributed by atoms with Crippen LogP contribution >= 0.6 is 15.9 Å². The van der Waals surface area contributed by atoms with Gasteiger partial charge in [-0.05, 0) is 12.3 Å². The zero-order valence-electron chi connectivity index (χ0n) is 9.13. The predicted molar refractivity (Wildman–Crippen MR) is 62.9 cm³/mol. The second kappa shape index (κ2) is 8.27. The Bertz CT molecular complexity index is 157. The summed E-state index contributed by atoms with van der Waals surface area (Å²) < 4.78 is 0. The molecule has 0 heterocycles. The number of aliphatic carboxylic acids is 1. The maximum absolute atomic E-state index is 10.4. The van der Waals surface area contributed by atoms with E-state index in [0.717, 1.165) is 18.8 Å². The van der Waals surface area contributed by atoms with Crippen LogP contribution in [-0.2, 0) is 4.79 Å². The van der Waals surface area contributed by atoms with Gasteiger partial charge in [-0.3, -0.25) is 4.79 Å². The fraction of sp³-hybridized carbons (Fsp3) is 0.909. The molecule has 0 aliphatic carbocycles. The molecule has 0 aromatic carbocycles. The molecule has 0 spiro atoms. The number of carbonyl (C=O) groups is 1. The highest BCUT2D eigenvalue weighted by Crippen LogP contribution is 2.16. The molecule has 1 atom stereocenters. The Morgan fingerprint density at radius 1 is 1.21 bits per heavy atom. The minimum atomic E-state index is -0.714. The zero-order chi connectivity index (χ0) is 11.0. The van der Waals surface area contributed by atoms with Gasteiger partial charge in [-0.2, -0.15) is 0 Å². The number of carboxylic acid groups (broad SMARTS) is 1. The van der Waals surface area contributed by atoms with Crippen molar-refractivity contribution in [1.29, 1.82) is 0 Å². The largest absolute Gasteiger partial charge is 0.481 e. The van der Waals surface area contributed by atoms with Crippen molar-refractivity contribution in [2.24, 2.45) is 5.92 Å². The molecular formula is C11H21BrO2. The molecule has 0 aromatic heterocycles. The second-order valence-electron chi connectivity index (χ2n) is 4.23. The van der Waals surface area contributed by atoms with E-state index in [2.05, 4.69) is 29.8 Å². The minimum Gasteiger partial charge on any atom is -0.481 e. The molecule has 0 radical (unpaired) electrons. The molecule has 0 aliphatic heterocycles. The molecule has 0 aromatic rings. The van der Waals surface area contributed by atoms with Gasteiger partial charge in [0.25, 0.3) is 0 Å². The summed E-state index contributed by atoms with van der Waals surface area (Å²) >= 11 is 3.38. The Morgan fingerprint density at radius 3 is 2.29 bits per heavy atom. The van der Waals surface area contributed by atoms with Crippen LogP contribution in [0, 0.1) is 5.92 Å². The Kier molecular flexibility index (Phi) is 8.24. The highest BCUT2D eigenvalue weighted by molar-refractivity contribution is 9.09. The van der Waals surface area contributed by atoms with Gasteiger partial charge in [0.15, 0.2) is 0 Å². The van der Waals surface area contributed by atoms with Crippen molar-refractivity contribution in [1.82, 2.24) is 0 Å². The van der Waals surface area contributed by atoms with E-state index >= 15 is 0 Å². The summed E-state index contributed by atoms with van der Waals surface area (Å²) in [5.41, 5.74) is 0. The molecule has 1 N–H and O–H groups in total. The van der Waals surface area contributed by atoms with Crippen LogP contribution in [0.15, 0.2) is 0 Å². The summed E-state index contributed by atoms with van der Waals surface area (Å²) in [5.74, 6) is 0.0721. The van der Waals surface area contributed by atoms with Gasteiger partial charge < -0.3 is 5.11 Å². The molecule has 0 aliphatic rings. The lowest BCUT2D eigenvalue weighted by atomic mass is 10.0. The Morgan fingerprint density at radius 2 is 1.79 bits per heavy atom. The number of rotatable bonds is 8. The van der Waals surface area contributed by atoms with Crippen LogP contribution in [0.2, 0.25) is 0 Å². The highest BCUT2D eigenvalue weighted by Gasteiger charge is 2.08. The van der Waals surface area contributed by atoms with Crippen molar-refractivity contribution in [3.63, 3.8) is 0 Å². The lowest BCUT2D eigenvalue weighted by Crippen LogP contribution is -2.06. The lowest BCUT2D eigenvalue weighted by Gasteiger charge is -2.07. The van der Waals surface area contributed by atoms with Crippen molar-refractivity contribution >= 4 is 21.9 Å². The fourth-order valence-corrected chi connectivity index (χ4v) is 1.99. The van der Waals surface area contributed by atoms with E-state index < -0.39 is 5.97 Å². The van der Waals surface area contributed by atoms with E-state index in [1.165, 1.54) is 19.3 Å². The standard InChI is InChI=1S/C11H21BrO2/c1-9(2)6-4-3-5-7-10(12)8-11(13)14/h9-10H,3-8H2,1-2H3,(H,13,14). The number of unbranched alkanes of at least 4 members (excludes halogenated alkanes) is 2. The van der Waals surface area contributed by atoms with Gasteiger partial charge in [-0.25, -0.2) is 0 Å². The Balaban J connectivity index is 3.23. The van der Waals surface area contributed by atoms with Crippen molar-refractivity contribution in [2.45, 2.75) is 57.2 Å². The summed E-state index contributed by atoms with van der Waals surface area (Å²) in [6.45, 7) is 4.47. The number of carboxylic acids is 1. The van der Waals surface area contributed by atoms with E-state index in [4.69, 9.17) is 5.11 Å². The summed E-state index contributed by atoms with van der Waals surface area (Å²) in [7, 11) is 0. The Hall–Kier alpha value is -0.0500. The molecule has 0 amide bonds. The third-order valence-corrected chi connectivity index (χ3v) is 2.98. The van der Waals surface area contributed by atoms with Crippen LogP contribution < -0.4 is 0 Å². The van der Waals surface area contributed by atoms with Crippen LogP contribution in [0.5, 0.6) is 0 Å². The average Bonchev–Trinajstić information content (AvgIpc) is 2.01. The van der Waals surface area contributed by atoms with E-state index in [1.807, 2.05) is 0 Å². The molecule has 0 bridgehead atoms.